The molecule has 0 aromatic heterocycles. The molecular weight excluding hydrogens is 178 g/mol. The molecule has 0 aromatic carbocycles. The fourth-order valence-corrected chi connectivity index (χ4v) is 1.90. The molecule has 0 spiro atoms. The predicted octanol–water partition coefficient (Wildman–Crippen LogP) is 2.25. The average Bonchev–Trinajstić information content (AvgIpc) is 2.14. The lowest BCUT2D eigenvalue weighted by Gasteiger charge is -2.18. The Balaban J connectivity index is 4.03. The number of aliphatic carboxylic acids is 1. The van der Waals surface area contributed by atoms with Crippen molar-refractivity contribution >= 4 is 5.97 Å². The van der Waals surface area contributed by atoms with E-state index in [-0.39, 0.29) is 12.5 Å². The third-order valence-corrected chi connectivity index (χ3v) is 2.65. The van der Waals surface area contributed by atoms with Crippen LogP contribution in [-0.2, 0) is 4.79 Å². The zero-order valence-electron chi connectivity index (χ0n) is 9.33. The lowest BCUT2D eigenvalue weighted by molar-refractivity contribution is -0.142. The van der Waals surface area contributed by atoms with Gasteiger partial charge in [-0.05, 0) is 12.3 Å². The van der Waals surface area contributed by atoms with Crippen molar-refractivity contribution in [2.24, 2.45) is 17.6 Å². The zero-order chi connectivity index (χ0) is 11.0. The van der Waals surface area contributed by atoms with Crippen molar-refractivity contribution in [3.8, 4) is 0 Å². The van der Waals surface area contributed by atoms with E-state index in [9.17, 15) is 4.79 Å². The first-order chi connectivity index (χ1) is 6.65. The van der Waals surface area contributed by atoms with Gasteiger partial charge in [0.15, 0.2) is 0 Å². The highest BCUT2D eigenvalue weighted by Gasteiger charge is 2.20. The third-order valence-electron chi connectivity index (χ3n) is 2.65. The van der Waals surface area contributed by atoms with Gasteiger partial charge in [-0.25, -0.2) is 0 Å². The first-order valence-electron chi connectivity index (χ1n) is 5.58. The van der Waals surface area contributed by atoms with E-state index >= 15 is 0 Å². The van der Waals surface area contributed by atoms with Crippen molar-refractivity contribution in [2.75, 3.05) is 6.54 Å². The monoisotopic (exact) mass is 201 g/mol. The summed E-state index contributed by atoms with van der Waals surface area (Å²) in [5.41, 5.74) is 5.43. The van der Waals surface area contributed by atoms with Gasteiger partial charge in [0.2, 0.25) is 0 Å². The minimum atomic E-state index is -0.746. The molecule has 3 N–H and O–H groups in total. The molecular formula is C11H23NO2. The third kappa shape index (κ3) is 5.22. The second-order valence-electron chi connectivity index (χ2n) is 3.95. The van der Waals surface area contributed by atoms with Crippen LogP contribution in [0.1, 0.15) is 46.0 Å². The molecule has 0 amide bonds. The highest BCUT2D eigenvalue weighted by molar-refractivity contribution is 5.70. The molecule has 0 unspecified atom stereocenters. The molecule has 0 bridgehead atoms. The lowest BCUT2D eigenvalue weighted by atomic mass is 9.88. The van der Waals surface area contributed by atoms with Crippen LogP contribution in [0.3, 0.4) is 0 Å². The smallest absolute Gasteiger partial charge is 0.307 e. The molecule has 0 aliphatic rings. The van der Waals surface area contributed by atoms with Gasteiger partial charge < -0.3 is 10.8 Å². The van der Waals surface area contributed by atoms with Gasteiger partial charge in [0.1, 0.15) is 0 Å². The van der Waals surface area contributed by atoms with Crippen molar-refractivity contribution in [2.45, 2.75) is 46.0 Å². The number of nitrogens with two attached hydrogens (primary N) is 1. The van der Waals surface area contributed by atoms with Gasteiger partial charge in [-0.3, -0.25) is 4.79 Å². The Morgan fingerprint density at radius 2 is 1.79 bits per heavy atom. The molecule has 0 fully saturated rings. The molecule has 0 aliphatic carbocycles. The number of carboxylic acid groups (broad SMARTS) is 1. The van der Waals surface area contributed by atoms with E-state index in [2.05, 4.69) is 13.8 Å². The minimum absolute atomic E-state index is 0.263. The van der Waals surface area contributed by atoms with Crippen LogP contribution in [-0.4, -0.2) is 17.6 Å². The Bertz CT molecular complexity index is 153. The summed E-state index contributed by atoms with van der Waals surface area (Å²) in [6, 6.07) is 0. The number of carbonyl (C=O) groups is 1. The summed E-state index contributed by atoms with van der Waals surface area (Å²) in [6.07, 6.45) is 5.24. The molecule has 0 aliphatic heterocycles. The standard InChI is InChI=1S/C11H23NO2/c1-3-5-9(6-4-2)7-10(8-12)11(13)14/h9-10H,3-8,12H2,1-2H3,(H,13,14)/t10-/m0/s1. The minimum Gasteiger partial charge on any atom is -0.481 e. The quantitative estimate of drug-likeness (QED) is 0.633. The summed E-state index contributed by atoms with van der Waals surface area (Å²) >= 11 is 0. The SMILES string of the molecule is CCCC(CCC)C[C@@H](CN)C(=O)O. The number of hydrogen-bond acceptors (Lipinski definition) is 2. The van der Waals surface area contributed by atoms with Crippen LogP contribution in [0, 0.1) is 11.8 Å². The van der Waals surface area contributed by atoms with Crippen molar-refractivity contribution in [3.63, 3.8) is 0 Å². The molecule has 0 saturated carbocycles. The van der Waals surface area contributed by atoms with Crippen LogP contribution in [0.25, 0.3) is 0 Å². The molecule has 3 nitrogen and oxygen atoms in total. The second-order valence-corrected chi connectivity index (χ2v) is 3.95. The summed E-state index contributed by atoms with van der Waals surface area (Å²) in [4.78, 5) is 10.8. The summed E-state index contributed by atoms with van der Waals surface area (Å²) < 4.78 is 0. The molecule has 3 heteroatoms. The van der Waals surface area contributed by atoms with Crippen molar-refractivity contribution in [1.29, 1.82) is 0 Å². The van der Waals surface area contributed by atoms with E-state index < -0.39 is 5.97 Å². The molecule has 0 heterocycles. The molecule has 0 radical (unpaired) electrons. The van der Waals surface area contributed by atoms with E-state index in [0.717, 1.165) is 32.1 Å². The number of carboxylic acids is 1. The topological polar surface area (TPSA) is 63.3 Å². The van der Waals surface area contributed by atoms with Gasteiger partial charge in [0.05, 0.1) is 5.92 Å². The Labute approximate surface area is 86.7 Å². The summed E-state index contributed by atoms with van der Waals surface area (Å²) in [5, 5.41) is 8.88. The van der Waals surface area contributed by atoms with E-state index in [1.165, 1.54) is 0 Å². The molecule has 0 rings (SSSR count). The Kier molecular flexibility index (Phi) is 7.48. The summed E-state index contributed by atoms with van der Waals surface area (Å²) in [6.45, 7) is 4.54. The Hall–Kier alpha value is -0.570. The second kappa shape index (κ2) is 7.80. The first-order valence-corrected chi connectivity index (χ1v) is 5.58. The molecule has 0 aromatic rings. The maximum Gasteiger partial charge on any atom is 0.307 e. The van der Waals surface area contributed by atoms with Gasteiger partial charge in [0.25, 0.3) is 0 Å². The van der Waals surface area contributed by atoms with E-state index in [4.69, 9.17) is 10.8 Å². The normalized spacial score (nSPS) is 13.1. The Morgan fingerprint density at radius 3 is 2.07 bits per heavy atom. The summed E-state index contributed by atoms with van der Waals surface area (Å²) in [5.74, 6) is -0.558. The zero-order valence-corrected chi connectivity index (χ0v) is 9.33. The average molecular weight is 201 g/mol. The van der Waals surface area contributed by atoms with E-state index in [1.807, 2.05) is 0 Å². The molecule has 14 heavy (non-hydrogen) atoms. The Morgan fingerprint density at radius 1 is 1.29 bits per heavy atom. The van der Waals surface area contributed by atoms with Gasteiger partial charge in [-0.1, -0.05) is 39.5 Å². The van der Waals surface area contributed by atoms with Crippen LogP contribution in [0.2, 0.25) is 0 Å². The van der Waals surface area contributed by atoms with Gasteiger partial charge in [-0.2, -0.15) is 0 Å². The fraction of sp³-hybridized carbons (Fsp3) is 0.909. The number of rotatable bonds is 8. The number of hydrogen-bond donors (Lipinski definition) is 2. The molecule has 1 atom stereocenters. The fourth-order valence-electron chi connectivity index (χ4n) is 1.90. The van der Waals surface area contributed by atoms with E-state index in [0.29, 0.717) is 5.92 Å². The highest BCUT2D eigenvalue weighted by Crippen LogP contribution is 2.22. The van der Waals surface area contributed by atoms with Crippen LogP contribution < -0.4 is 5.73 Å². The van der Waals surface area contributed by atoms with Crippen molar-refractivity contribution < 1.29 is 9.90 Å². The summed E-state index contributed by atoms with van der Waals surface area (Å²) in [7, 11) is 0. The van der Waals surface area contributed by atoms with Gasteiger partial charge in [0, 0.05) is 6.54 Å². The largest absolute Gasteiger partial charge is 0.481 e. The van der Waals surface area contributed by atoms with Crippen molar-refractivity contribution in [1.82, 2.24) is 0 Å². The van der Waals surface area contributed by atoms with Gasteiger partial charge in [-0.15, -0.1) is 0 Å². The van der Waals surface area contributed by atoms with Crippen LogP contribution in [0.4, 0.5) is 0 Å². The van der Waals surface area contributed by atoms with Crippen molar-refractivity contribution in [3.05, 3.63) is 0 Å². The van der Waals surface area contributed by atoms with E-state index in [1.54, 1.807) is 0 Å². The predicted molar refractivity (Wildman–Crippen MR) is 58.1 cm³/mol. The van der Waals surface area contributed by atoms with Gasteiger partial charge >= 0.3 is 5.97 Å². The molecule has 0 saturated heterocycles. The molecule has 84 valence electrons. The maximum absolute atomic E-state index is 10.8. The highest BCUT2D eigenvalue weighted by atomic mass is 16.4. The van der Waals surface area contributed by atoms with Crippen LogP contribution >= 0.6 is 0 Å². The maximum atomic E-state index is 10.8. The first kappa shape index (κ1) is 13.4. The lowest BCUT2D eigenvalue weighted by Crippen LogP contribution is -2.25. The van der Waals surface area contributed by atoms with Crippen LogP contribution in [0.5, 0.6) is 0 Å². The van der Waals surface area contributed by atoms with Crippen LogP contribution in [0.15, 0.2) is 0 Å².